The maximum atomic E-state index is 12.3. The van der Waals surface area contributed by atoms with Crippen LogP contribution in [0.25, 0.3) is 0 Å². The number of amides is 1. The molecule has 0 aliphatic rings. The Morgan fingerprint density at radius 2 is 2.14 bits per heavy atom. The smallest absolute Gasteiger partial charge is 0.350 e. The van der Waals surface area contributed by atoms with Gasteiger partial charge in [-0.25, -0.2) is 9.78 Å². The van der Waals surface area contributed by atoms with Crippen molar-refractivity contribution < 1.29 is 18.7 Å². The number of carbonyl (C=O) groups is 2. The quantitative estimate of drug-likeness (QED) is 0.877. The van der Waals surface area contributed by atoms with E-state index >= 15 is 0 Å². The standard InChI is InChI=1S/C14H16N2O4S/c1-7(2)11-10(15-6-20-11)13(17)16-9-8(3)5-21-12(9)14(18)19-4/h5-7H,1-4H3,(H,16,17). The maximum Gasteiger partial charge on any atom is 0.350 e. The fourth-order valence-electron chi connectivity index (χ4n) is 1.85. The number of carbonyl (C=O) groups excluding carboxylic acids is 2. The molecule has 0 aliphatic carbocycles. The molecule has 0 radical (unpaired) electrons. The predicted molar refractivity (Wildman–Crippen MR) is 78.9 cm³/mol. The van der Waals surface area contributed by atoms with Crippen LogP contribution in [0.1, 0.15) is 51.2 Å². The zero-order valence-electron chi connectivity index (χ0n) is 12.2. The van der Waals surface area contributed by atoms with Gasteiger partial charge in [-0.15, -0.1) is 11.3 Å². The third kappa shape index (κ3) is 2.97. The number of rotatable bonds is 4. The number of oxazole rings is 1. The maximum absolute atomic E-state index is 12.3. The lowest BCUT2D eigenvalue weighted by Gasteiger charge is -2.07. The first kappa shape index (κ1) is 15.2. The molecule has 2 aromatic heterocycles. The van der Waals surface area contributed by atoms with E-state index in [1.165, 1.54) is 24.8 Å². The SMILES string of the molecule is COC(=O)c1scc(C)c1NC(=O)c1ncoc1C(C)C. The number of hydrogen-bond donors (Lipinski definition) is 1. The van der Waals surface area contributed by atoms with Gasteiger partial charge in [-0.05, 0) is 17.9 Å². The Kier molecular flexibility index (Phi) is 4.42. The van der Waals surface area contributed by atoms with Crippen molar-refractivity contribution in [1.29, 1.82) is 0 Å². The summed E-state index contributed by atoms with van der Waals surface area (Å²) in [5.41, 5.74) is 1.48. The van der Waals surface area contributed by atoms with E-state index in [1.807, 2.05) is 20.8 Å². The van der Waals surface area contributed by atoms with Crippen LogP contribution in [0.15, 0.2) is 16.2 Å². The number of nitrogens with zero attached hydrogens (tertiary/aromatic N) is 1. The highest BCUT2D eigenvalue weighted by atomic mass is 32.1. The number of anilines is 1. The number of nitrogens with one attached hydrogen (secondary N) is 1. The predicted octanol–water partition coefficient (Wildman–Crippen LogP) is 3.21. The molecule has 0 saturated heterocycles. The normalized spacial score (nSPS) is 10.7. The molecule has 0 aliphatic heterocycles. The monoisotopic (exact) mass is 308 g/mol. The summed E-state index contributed by atoms with van der Waals surface area (Å²) in [4.78, 5) is 28.3. The highest BCUT2D eigenvalue weighted by molar-refractivity contribution is 7.12. The molecule has 0 fully saturated rings. The molecule has 0 bridgehead atoms. The van der Waals surface area contributed by atoms with Gasteiger partial charge in [0, 0.05) is 5.92 Å². The van der Waals surface area contributed by atoms with Gasteiger partial charge < -0.3 is 14.5 Å². The second-order valence-corrected chi connectivity index (χ2v) is 5.67. The summed E-state index contributed by atoms with van der Waals surface area (Å²) < 4.78 is 9.95. The molecule has 2 heterocycles. The molecule has 6 nitrogen and oxygen atoms in total. The number of hydrogen-bond acceptors (Lipinski definition) is 6. The Hall–Kier alpha value is -2.15. The van der Waals surface area contributed by atoms with Crippen LogP contribution in [0.3, 0.4) is 0 Å². The highest BCUT2D eigenvalue weighted by Crippen LogP contribution is 2.29. The van der Waals surface area contributed by atoms with Crippen molar-refractivity contribution in [1.82, 2.24) is 4.98 Å². The van der Waals surface area contributed by atoms with Crippen LogP contribution >= 0.6 is 11.3 Å². The van der Waals surface area contributed by atoms with E-state index < -0.39 is 11.9 Å². The van der Waals surface area contributed by atoms with Crippen molar-refractivity contribution in [3.05, 3.63) is 33.7 Å². The fraction of sp³-hybridized carbons (Fsp3) is 0.357. The van der Waals surface area contributed by atoms with Crippen LogP contribution in [-0.2, 0) is 4.74 Å². The van der Waals surface area contributed by atoms with Crippen LogP contribution < -0.4 is 5.32 Å². The first-order valence-electron chi connectivity index (χ1n) is 6.36. The molecule has 0 aromatic carbocycles. The lowest BCUT2D eigenvalue weighted by atomic mass is 10.1. The van der Waals surface area contributed by atoms with Gasteiger partial charge in [-0.1, -0.05) is 13.8 Å². The minimum absolute atomic E-state index is 0.0388. The zero-order valence-corrected chi connectivity index (χ0v) is 13.0. The van der Waals surface area contributed by atoms with E-state index in [0.717, 1.165) is 5.56 Å². The molecule has 7 heteroatoms. The largest absolute Gasteiger partial charge is 0.465 e. The molecule has 0 unspecified atom stereocenters. The van der Waals surface area contributed by atoms with Gasteiger partial charge in [0.25, 0.3) is 5.91 Å². The van der Waals surface area contributed by atoms with Gasteiger partial charge in [0.1, 0.15) is 10.6 Å². The summed E-state index contributed by atoms with van der Waals surface area (Å²) >= 11 is 1.23. The molecular formula is C14H16N2O4S. The summed E-state index contributed by atoms with van der Waals surface area (Å²) in [6.07, 6.45) is 1.24. The fourth-order valence-corrected chi connectivity index (χ4v) is 2.77. The average molecular weight is 308 g/mol. The van der Waals surface area contributed by atoms with Gasteiger partial charge in [0.2, 0.25) is 0 Å². The third-order valence-electron chi connectivity index (χ3n) is 2.92. The first-order chi connectivity index (χ1) is 9.95. The number of thiophene rings is 1. The van der Waals surface area contributed by atoms with Crippen molar-refractivity contribution in [2.45, 2.75) is 26.7 Å². The van der Waals surface area contributed by atoms with Gasteiger partial charge in [-0.2, -0.15) is 0 Å². The molecule has 1 amide bonds. The lowest BCUT2D eigenvalue weighted by Crippen LogP contribution is -2.17. The molecular weight excluding hydrogens is 292 g/mol. The minimum atomic E-state index is -0.479. The zero-order chi connectivity index (χ0) is 15.6. The van der Waals surface area contributed by atoms with Crippen molar-refractivity contribution >= 4 is 28.9 Å². The molecule has 2 aromatic rings. The van der Waals surface area contributed by atoms with Crippen LogP contribution in [-0.4, -0.2) is 24.0 Å². The van der Waals surface area contributed by atoms with E-state index in [2.05, 4.69) is 10.3 Å². The number of esters is 1. The summed E-state index contributed by atoms with van der Waals surface area (Å²) in [6.45, 7) is 5.63. The summed E-state index contributed by atoms with van der Waals surface area (Å²) in [7, 11) is 1.30. The van der Waals surface area contributed by atoms with E-state index in [9.17, 15) is 9.59 Å². The molecule has 112 valence electrons. The topological polar surface area (TPSA) is 81.4 Å². The van der Waals surface area contributed by atoms with Crippen LogP contribution in [0, 0.1) is 6.92 Å². The number of aromatic nitrogens is 1. The first-order valence-corrected chi connectivity index (χ1v) is 7.24. The molecule has 0 atom stereocenters. The summed E-state index contributed by atoms with van der Waals surface area (Å²) in [5.74, 6) is -0.330. The molecule has 0 saturated carbocycles. The van der Waals surface area contributed by atoms with Crippen molar-refractivity contribution in [3.63, 3.8) is 0 Å². The Morgan fingerprint density at radius 3 is 2.76 bits per heavy atom. The molecule has 21 heavy (non-hydrogen) atoms. The number of methoxy groups -OCH3 is 1. The Labute approximate surface area is 126 Å². The van der Waals surface area contributed by atoms with E-state index in [0.29, 0.717) is 16.3 Å². The van der Waals surface area contributed by atoms with Crippen molar-refractivity contribution in [3.8, 4) is 0 Å². The van der Waals surface area contributed by atoms with Gasteiger partial charge in [0.15, 0.2) is 12.1 Å². The van der Waals surface area contributed by atoms with Crippen LogP contribution in [0.4, 0.5) is 5.69 Å². The highest BCUT2D eigenvalue weighted by Gasteiger charge is 2.23. The molecule has 1 N–H and O–H groups in total. The molecule has 0 spiro atoms. The third-order valence-corrected chi connectivity index (χ3v) is 4.00. The van der Waals surface area contributed by atoms with Gasteiger partial charge >= 0.3 is 5.97 Å². The van der Waals surface area contributed by atoms with Gasteiger partial charge in [-0.3, -0.25) is 4.79 Å². The minimum Gasteiger partial charge on any atom is -0.465 e. The van der Waals surface area contributed by atoms with Crippen LogP contribution in [0.5, 0.6) is 0 Å². The number of ether oxygens (including phenoxy) is 1. The average Bonchev–Trinajstić information content (AvgIpc) is 3.06. The van der Waals surface area contributed by atoms with E-state index in [1.54, 1.807) is 5.38 Å². The second-order valence-electron chi connectivity index (χ2n) is 4.79. The van der Waals surface area contributed by atoms with Crippen LogP contribution in [0.2, 0.25) is 0 Å². The van der Waals surface area contributed by atoms with Crippen molar-refractivity contribution in [2.75, 3.05) is 12.4 Å². The Bertz CT molecular complexity index is 672. The lowest BCUT2D eigenvalue weighted by molar-refractivity contribution is 0.0607. The Morgan fingerprint density at radius 1 is 1.43 bits per heavy atom. The summed E-state index contributed by atoms with van der Waals surface area (Å²) in [6, 6.07) is 0. The van der Waals surface area contributed by atoms with Gasteiger partial charge in [0.05, 0.1) is 12.8 Å². The number of aryl methyl sites for hydroxylation is 1. The Balaban J connectivity index is 2.30. The second kappa shape index (κ2) is 6.09. The molecule has 2 rings (SSSR count). The summed E-state index contributed by atoms with van der Waals surface area (Å²) in [5, 5.41) is 4.51. The van der Waals surface area contributed by atoms with Crippen molar-refractivity contribution in [2.24, 2.45) is 0 Å². The van der Waals surface area contributed by atoms with E-state index in [4.69, 9.17) is 9.15 Å². The van der Waals surface area contributed by atoms with E-state index in [-0.39, 0.29) is 11.6 Å².